The molecule has 0 aromatic carbocycles. The Morgan fingerprint density at radius 2 is 1.50 bits per heavy atom. The number of nitrogens with one attached hydrogen (secondary N) is 1. The predicted molar refractivity (Wildman–Crippen MR) is 24.1 cm³/mol. The van der Waals surface area contributed by atoms with E-state index in [1.165, 1.54) is 19.5 Å². The van der Waals surface area contributed by atoms with Gasteiger partial charge in [-0.15, -0.1) is 0 Å². The molecule has 0 aromatic heterocycles. The fourth-order valence-electron chi connectivity index (χ4n) is 0.177. The maximum atomic E-state index is 8.25. The topological polar surface area (TPSA) is 31.9 Å². The lowest BCUT2D eigenvalue weighted by molar-refractivity contribution is 0.282. The van der Waals surface area contributed by atoms with Crippen LogP contribution in [0.4, 0.5) is 0 Å². The number of hydrogen-bond acceptors (Lipinski definition) is 1. The van der Waals surface area contributed by atoms with Crippen molar-refractivity contribution in [3.05, 3.63) is 0 Å². The van der Waals surface area contributed by atoms with E-state index in [9.17, 15) is 0 Å². The Morgan fingerprint density at radius 3 is 1.50 bits per heavy atom. The van der Waals surface area contributed by atoms with Crippen LogP contribution in [0.15, 0.2) is 0 Å². The second kappa shape index (κ2) is 4.92. The molecule has 1 aliphatic rings. The smallest absolute Gasteiger partial charge is 0.0712 e. The second-order valence-corrected chi connectivity index (χ2v) is 1.10. The zero-order chi connectivity index (χ0) is 4.83. The van der Waals surface area contributed by atoms with Crippen LogP contribution in [0.3, 0.4) is 0 Å². The lowest BCUT2D eigenvalue weighted by Crippen LogP contribution is -2.29. The minimum absolute atomic E-state index is 0.750. The Bertz CT molecular complexity index is 15.5. The highest BCUT2D eigenvalue weighted by Crippen LogP contribution is 1.80. The van der Waals surface area contributed by atoms with Crippen molar-refractivity contribution in [2.24, 2.45) is 0 Å². The highest BCUT2D eigenvalue weighted by molar-refractivity contribution is 4.56. The molecule has 0 unspecified atom stereocenters. The number of rotatable bonds is 0. The predicted octanol–water partition coefficient (Wildman–Crippen LogP) is 0.0264. The van der Waals surface area contributed by atoms with Gasteiger partial charge in [-0.2, -0.15) is 0 Å². The first kappa shape index (κ1) is 5.92. The van der Waals surface area contributed by atoms with Crippen LogP contribution in [0.25, 0.3) is 0 Å². The van der Waals surface area contributed by atoms with Crippen LogP contribution in [-0.2, 0) is 5.11 Å². The molecule has 2 nitrogen and oxygen atoms in total. The SMILES string of the molecule is C1CNC1.C[O]. The van der Waals surface area contributed by atoms with Gasteiger partial charge in [0.05, 0.1) is 7.11 Å². The molecule has 2 heteroatoms. The monoisotopic (exact) mass is 88.1 g/mol. The molecule has 0 atom stereocenters. The summed E-state index contributed by atoms with van der Waals surface area (Å²) in [6.07, 6.45) is 1.39. The van der Waals surface area contributed by atoms with Gasteiger partial charge in [-0.05, 0) is 19.5 Å². The van der Waals surface area contributed by atoms with Crippen LogP contribution in [0, 0.1) is 0 Å². The summed E-state index contributed by atoms with van der Waals surface area (Å²) in [5.74, 6) is 0. The lowest BCUT2D eigenvalue weighted by Gasteiger charge is -2.09. The Morgan fingerprint density at radius 1 is 1.33 bits per heavy atom. The van der Waals surface area contributed by atoms with Gasteiger partial charge in [0.15, 0.2) is 0 Å². The van der Waals surface area contributed by atoms with Gasteiger partial charge in [0.25, 0.3) is 0 Å². The van der Waals surface area contributed by atoms with E-state index in [-0.39, 0.29) is 0 Å². The van der Waals surface area contributed by atoms with Gasteiger partial charge in [0, 0.05) is 0 Å². The van der Waals surface area contributed by atoms with Crippen molar-refractivity contribution in [2.75, 3.05) is 20.2 Å². The molecular weight excluding hydrogens is 78.0 g/mol. The third-order valence-electron chi connectivity index (χ3n) is 0.707. The first-order valence-corrected chi connectivity index (χ1v) is 2.12. The van der Waals surface area contributed by atoms with Gasteiger partial charge in [-0.3, -0.25) is 0 Å². The zero-order valence-corrected chi connectivity index (χ0v) is 4.03. The molecule has 1 fully saturated rings. The van der Waals surface area contributed by atoms with Gasteiger partial charge >= 0.3 is 0 Å². The Hall–Kier alpha value is -0.0800. The largest absolute Gasteiger partial charge is 0.317 e. The van der Waals surface area contributed by atoms with E-state index in [1.54, 1.807) is 0 Å². The molecule has 6 heavy (non-hydrogen) atoms. The van der Waals surface area contributed by atoms with Crippen LogP contribution in [0.1, 0.15) is 6.42 Å². The summed E-state index contributed by atoms with van der Waals surface area (Å²) in [6.45, 7) is 2.50. The number of hydrogen-bond donors (Lipinski definition) is 1. The molecule has 0 aliphatic carbocycles. The first-order valence-electron chi connectivity index (χ1n) is 2.12. The fourth-order valence-corrected chi connectivity index (χ4v) is 0.177. The fraction of sp³-hybridized carbons (Fsp3) is 1.00. The summed E-state index contributed by atoms with van der Waals surface area (Å²) in [6, 6.07) is 0. The second-order valence-electron chi connectivity index (χ2n) is 1.10. The van der Waals surface area contributed by atoms with Crippen LogP contribution >= 0.6 is 0 Å². The van der Waals surface area contributed by atoms with E-state index in [0.29, 0.717) is 0 Å². The van der Waals surface area contributed by atoms with Crippen molar-refractivity contribution < 1.29 is 5.11 Å². The van der Waals surface area contributed by atoms with E-state index in [2.05, 4.69) is 5.32 Å². The maximum Gasteiger partial charge on any atom is 0.0712 e. The third-order valence-corrected chi connectivity index (χ3v) is 0.707. The van der Waals surface area contributed by atoms with Gasteiger partial charge in [0.2, 0.25) is 0 Å². The minimum Gasteiger partial charge on any atom is -0.317 e. The van der Waals surface area contributed by atoms with Gasteiger partial charge in [0.1, 0.15) is 0 Å². The maximum absolute atomic E-state index is 8.25. The molecule has 1 radical (unpaired) electrons. The highest BCUT2D eigenvalue weighted by Gasteiger charge is 1.92. The van der Waals surface area contributed by atoms with Crippen molar-refractivity contribution >= 4 is 0 Å². The minimum atomic E-state index is 0.750. The average Bonchev–Trinajstić information content (AvgIpc) is 1.36. The molecule has 1 N–H and O–H groups in total. The first-order chi connectivity index (χ1) is 3.00. The zero-order valence-electron chi connectivity index (χ0n) is 4.03. The summed E-state index contributed by atoms with van der Waals surface area (Å²) in [4.78, 5) is 0. The van der Waals surface area contributed by atoms with Crippen LogP contribution in [0.2, 0.25) is 0 Å². The third kappa shape index (κ3) is 2.18. The van der Waals surface area contributed by atoms with Crippen molar-refractivity contribution in [2.45, 2.75) is 6.42 Å². The summed E-state index contributed by atoms with van der Waals surface area (Å²) in [5, 5.41) is 11.4. The molecular formula is C4H10NO. The summed E-state index contributed by atoms with van der Waals surface area (Å²) in [7, 11) is 0.750. The molecule has 0 spiro atoms. The van der Waals surface area contributed by atoms with Crippen molar-refractivity contribution in [3.8, 4) is 0 Å². The van der Waals surface area contributed by atoms with E-state index in [4.69, 9.17) is 5.11 Å². The van der Waals surface area contributed by atoms with E-state index in [1.807, 2.05) is 0 Å². The normalized spacial score (nSPS) is 17.0. The van der Waals surface area contributed by atoms with Gasteiger partial charge < -0.3 is 5.32 Å². The van der Waals surface area contributed by atoms with Crippen molar-refractivity contribution in [1.82, 2.24) is 5.32 Å². The molecule has 0 aromatic rings. The van der Waals surface area contributed by atoms with Crippen LogP contribution in [-0.4, -0.2) is 20.2 Å². The molecule has 1 aliphatic heterocycles. The van der Waals surface area contributed by atoms with Crippen LogP contribution < -0.4 is 5.32 Å². The molecule has 1 heterocycles. The lowest BCUT2D eigenvalue weighted by atomic mass is 10.3. The van der Waals surface area contributed by atoms with E-state index in [0.717, 1.165) is 7.11 Å². The Kier molecular flexibility index (Phi) is 4.85. The van der Waals surface area contributed by atoms with E-state index < -0.39 is 0 Å². The average molecular weight is 88.1 g/mol. The molecule has 37 valence electrons. The standard InChI is InChI=1S/C3H7N.CH3O/c1-2-4-3-1;1-2/h4H,1-3H2;1H3. The van der Waals surface area contributed by atoms with Crippen molar-refractivity contribution in [3.63, 3.8) is 0 Å². The molecule has 0 bridgehead atoms. The van der Waals surface area contributed by atoms with Crippen LogP contribution in [0.5, 0.6) is 0 Å². The van der Waals surface area contributed by atoms with E-state index >= 15 is 0 Å². The summed E-state index contributed by atoms with van der Waals surface area (Å²) < 4.78 is 0. The molecule has 1 saturated heterocycles. The Balaban J connectivity index is 0.000000112. The molecule has 0 amide bonds. The summed E-state index contributed by atoms with van der Waals surface area (Å²) in [5.41, 5.74) is 0. The Labute approximate surface area is 38.2 Å². The molecule has 0 saturated carbocycles. The van der Waals surface area contributed by atoms with Crippen molar-refractivity contribution in [1.29, 1.82) is 0 Å². The quantitative estimate of drug-likeness (QED) is 0.445. The molecule has 1 rings (SSSR count). The highest BCUT2D eigenvalue weighted by atomic mass is 16.2. The van der Waals surface area contributed by atoms with Gasteiger partial charge in [-0.25, -0.2) is 5.11 Å². The summed E-state index contributed by atoms with van der Waals surface area (Å²) >= 11 is 0. The van der Waals surface area contributed by atoms with Gasteiger partial charge in [-0.1, -0.05) is 0 Å².